The van der Waals surface area contributed by atoms with E-state index in [2.05, 4.69) is 15.6 Å². The zero-order chi connectivity index (χ0) is 21.6. The molecule has 6 nitrogen and oxygen atoms in total. The summed E-state index contributed by atoms with van der Waals surface area (Å²) in [6.07, 6.45) is 0.507. The van der Waals surface area contributed by atoms with Crippen LogP contribution in [0.2, 0.25) is 0 Å². The molecule has 6 heteroatoms. The topological polar surface area (TPSA) is 94.2 Å². The zero-order valence-corrected chi connectivity index (χ0v) is 16.8. The summed E-state index contributed by atoms with van der Waals surface area (Å²) in [7, 11) is 0. The standard InChI is InChI=1S/C25H23N3O3/c29-16-19(14-17-8-2-1-3-9-17)26-24(30)20-11-5-7-13-22(20)28-25(31)23-15-18-10-4-6-12-21(18)27-23/h1-13,15,19,27,29H,14,16H2,(H,26,30)(H,28,31). The molecule has 3 aromatic carbocycles. The van der Waals surface area contributed by atoms with Crippen LogP contribution in [-0.2, 0) is 6.42 Å². The van der Waals surface area contributed by atoms with Crippen LogP contribution >= 0.6 is 0 Å². The zero-order valence-electron chi connectivity index (χ0n) is 16.8. The van der Waals surface area contributed by atoms with Crippen molar-refractivity contribution in [3.05, 3.63) is 102 Å². The van der Waals surface area contributed by atoms with Gasteiger partial charge >= 0.3 is 0 Å². The molecule has 0 aliphatic carbocycles. The molecule has 4 aromatic rings. The summed E-state index contributed by atoms with van der Waals surface area (Å²) in [6.45, 7) is -0.190. The molecule has 1 unspecified atom stereocenters. The van der Waals surface area contributed by atoms with E-state index in [1.54, 1.807) is 30.3 Å². The van der Waals surface area contributed by atoms with Gasteiger partial charge in [-0.05, 0) is 36.2 Å². The fraction of sp³-hybridized carbons (Fsp3) is 0.120. The van der Waals surface area contributed by atoms with Crippen LogP contribution in [0.25, 0.3) is 10.9 Å². The van der Waals surface area contributed by atoms with E-state index in [1.807, 2.05) is 54.6 Å². The number of aliphatic hydroxyl groups excluding tert-OH is 1. The summed E-state index contributed by atoms with van der Waals surface area (Å²) in [5.74, 6) is -0.693. The Morgan fingerprint density at radius 1 is 0.871 bits per heavy atom. The van der Waals surface area contributed by atoms with Gasteiger partial charge in [0.1, 0.15) is 5.69 Å². The summed E-state index contributed by atoms with van der Waals surface area (Å²) >= 11 is 0. The van der Waals surface area contributed by atoms with Gasteiger partial charge in [0.25, 0.3) is 11.8 Å². The summed E-state index contributed by atoms with van der Waals surface area (Å²) in [5.41, 5.74) is 3.03. The van der Waals surface area contributed by atoms with Gasteiger partial charge in [-0.3, -0.25) is 9.59 Å². The summed E-state index contributed by atoms with van der Waals surface area (Å²) in [6, 6.07) is 25.4. The molecule has 0 fully saturated rings. The fourth-order valence-electron chi connectivity index (χ4n) is 3.50. The minimum Gasteiger partial charge on any atom is -0.394 e. The lowest BCUT2D eigenvalue weighted by atomic mass is 10.1. The number of benzene rings is 3. The molecule has 0 bridgehead atoms. The highest BCUT2D eigenvalue weighted by Gasteiger charge is 2.18. The molecular formula is C25H23N3O3. The lowest BCUT2D eigenvalue weighted by Crippen LogP contribution is -2.39. The van der Waals surface area contributed by atoms with Gasteiger partial charge in [-0.1, -0.05) is 60.7 Å². The quantitative estimate of drug-likeness (QED) is 0.372. The molecule has 0 radical (unpaired) electrons. The maximum Gasteiger partial charge on any atom is 0.272 e. The number of carbonyl (C=O) groups excluding carboxylic acids is 2. The van der Waals surface area contributed by atoms with Gasteiger partial charge in [0.15, 0.2) is 0 Å². The van der Waals surface area contributed by atoms with Crippen molar-refractivity contribution in [2.75, 3.05) is 11.9 Å². The van der Waals surface area contributed by atoms with Crippen LogP contribution in [0.1, 0.15) is 26.4 Å². The second-order valence-electron chi connectivity index (χ2n) is 7.31. The van der Waals surface area contributed by atoms with Crippen LogP contribution < -0.4 is 10.6 Å². The van der Waals surface area contributed by atoms with E-state index in [-0.39, 0.29) is 18.4 Å². The molecule has 1 aromatic heterocycles. The van der Waals surface area contributed by atoms with E-state index < -0.39 is 6.04 Å². The molecule has 0 saturated heterocycles. The average Bonchev–Trinajstić information content (AvgIpc) is 3.24. The van der Waals surface area contributed by atoms with Crippen molar-refractivity contribution in [1.82, 2.24) is 10.3 Å². The maximum atomic E-state index is 12.9. The Kier molecular flexibility index (Phi) is 6.10. The Morgan fingerprint density at radius 2 is 1.58 bits per heavy atom. The lowest BCUT2D eigenvalue weighted by molar-refractivity contribution is 0.0917. The number of aromatic amines is 1. The lowest BCUT2D eigenvalue weighted by Gasteiger charge is -2.18. The number of aromatic nitrogens is 1. The Bertz CT molecular complexity index is 1170. The summed E-state index contributed by atoms with van der Waals surface area (Å²) in [5, 5.41) is 16.3. The molecule has 0 aliphatic heterocycles. The Balaban J connectivity index is 1.49. The molecule has 4 rings (SSSR count). The molecule has 156 valence electrons. The van der Waals surface area contributed by atoms with E-state index in [4.69, 9.17) is 0 Å². The molecule has 1 atom stereocenters. The van der Waals surface area contributed by atoms with Crippen LogP contribution in [-0.4, -0.2) is 34.6 Å². The number of fused-ring (bicyclic) bond motifs is 1. The highest BCUT2D eigenvalue weighted by Crippen LogP contribution is 2.19. The van der Waals surface area contributed by atoms with Crippen LogP contribution in [0.5, 0.6) is 0 Å². The van der Waals surface area contributed by atoms with E-state index >= 15 is 0 Å². The maximum absolute atomic E-state index is 12.9. The smallest absolute Gasteiger partial charge is 0.272 e. The van der Waals surface area contributed by atoms with E-state index in [9.17, 15) is 14.7 Å². The first-order chi connectivity index (χ1) is 15.1. The van der Waals surface area contributed by atoms with Crippen LogP contribution in [0.3, 0.4) is 0 Å². The van der Waals surface area contributed by atoms with Crippen molar-refractivity contribution in [3.63, 3.8) is 0 Å². The molecule has 1 heterocycles. The van der Waals surface area contributed by atoms with E-state index in [1.165, 1.54) is 0 Å². The monoisotopic (exact) mass is 413 g/mol. The van der Waals surface area contributed by atoms with Gasteiger partial charge in [-0.25, -0.2) is 0 Å². The molecule has 4 N–H and O–H groups in total. The van der Waals surface area contributed by atoms with Gasteiger partial charge in [-0.15, -0.1) is 0 Å². The van der Waals surface area contributed by atoms with E-state index in [0.29, 0.717) is 23.4 Å². The number of hydrogen-bond acceptors (Lipinski definition) is 3. The SMILES string of the molecule is O=C(Nc1ccccc1C(=O)NC(CO)Cc1ccccc1)c1cc2ccccc2[nH]1. The van der Waals surface area contributed by atoms with Gasteiger partial charge < -0.3 is 20.7 Å². The van der Waals surface area contributed by atoms with Gasteiger partial charge in [0.05, 0.1) is 23.9 Å². The van der Waals surface area contributed by atoms with Crippen LogP contribution in [0.15, 0.2) is 84.9 Å². The average molecular weight is 413 g/mol. The first-order valence-corrected chi connectivity index (χ1v) is 10.1. The highest BCUT2D eigenvalue weighted by atomic mass is 16.3. The molecular weight excluding hydrogens is 390 g/mol. The largest absolute Gasteiger partial charge is 0.394 e. The number of amides is 2. The van der Waals surface area contributed by atoms with Gasteiger partial charge in [-0.2, -0.15) is 0 Å². The summed E-state index contributed by atoms with van der Waals surface area (Å²) < 4.78 is 0. The van der Waals surface area contributed by atoms with Crippen molar-refractivity contribution >= 4 is 28.4 Å². The molecule has 31 heavy (non-hydrogen) atoms. The first kappa shape index (κ1) is 20.4. The van der Waals surface area contributed by atoms with E-state index in [0.717, 1.165) is 16.5 Å². The minimum atomic E-state index is -0.438. The van der Waals surface area contributed by atoms with Crippen molar-refractivity contribution in [2.24, 2.45) is 0 Å². The number of hydrogen-bond donors (Lipinski definition) is 4. The molecule has 0 aliphatic rings. The predicted molar refractivity (Wildman–Crippen MR) is 121 cm³/mol. The molecule has 0 saturated carbocycles. The van der Waals surface area contributed by atoms with Gasteiger partial charge in [0.2, 0.25) is 0 Å². The number of nitrogens with one attached hydrogen (secondary N) is 3. The minimum absolute atomic E-state index is 0.190. The Morgan fingerprint density at radius 3 is 2.35 bits per heavy atom. The van der Waals surface area contributed by atoms with Gasteiger partial charge in [0, 0.05) is 10.9 Å². The van der Waals surface area contributed by atoms with Crippen LogP contribution in [0.4, 0.5) is 5.69 Å². The number of H-pyrrole nitrogens is 1. The normalized spacial score (nSPS) is 11.8. The second-order valence-corrected chi connectivity index (χ2v) is 7.31. The number of rotatable bonds is 7. The third-order valence-corrected chi connectivity index (χ3v) is 5.08. The predicted octanol–water partition coefficient (Wildman–Crippen LogP) is 3.75. The highest BCUT2D eigenvalue weighted by molar-refractivity contribution is 6.09. The Hall–Kier alpha value is -3.90. The van der Waals surface area contributed by atoms with Crippen molar-refractivity contribution in [3.8, 4) is 0 Å². The van der Waals surface area contributed by atoms with Crippen molar-refractivity contribution < 1.29 is 14.7 Å². The number of anilines is 1. The summed E-state index contributed by atoms with van der Waals surface area (Å²) in [4.78, 5) is 28.8. The van der Waals surface area contributed by atoms with Crippen LogP contribution in [0, 0.1) is 0 Å². The third-order valence-electron chi connectivity index (χ3n) is 5.08. The molecule has 0 spiro atoms. The van der Waals surface area contributed by atoms with Crippen molar-refractivity contribution in [1.29, 1.82) is 0 Å². The second kappa shape index (κ2) is 9.28. The fourth-order valence-corrected chi connectivity index (χ4v) is 3.50. The third kappa shape index (κ3) is 4.82. The van der Waals surface area contributed by atoms with Crippen molar-refractivity contribution in [2.45, 2.75) is 12.5 Å². The number of carbonyl (C=O) groups is 2. The molecule has 2 amide bonds. The first-order valence-electron chi connectivity index (χ1n) is 10.1. The number of aliphatic hydroxyl groups is 1. The Labute approximate surface area is 179 Å². The number of para-hydroxylation sites is 2.